The molecule has 2 N–H and O–H groups in total. The average molecular weight is 361 g/mol. The molecule has 2 heterocycles. The molecule has 1 aromatic carbocycles. The van der Waals surface area contributed by atoms with E-state index in [1.54, 1.807) is 24.6 Å². The van der Waals surface area contributed by atoms with Crippen molar-refractivity contribution in [1.82, 2.24) is 15.6 Å². The molecule has 2 aromatic heterocycles. The van der Waals surface area contributed by atoms with Crippen molar-refractivity contribution < 1.29 is 4.42 Å². The minimum atomic E-state index is 0.532. The molecular weight excluding hydrogens is 344 g/mol. The van der Waals surface area contributed by atoms with Crippen LogP contribution in [0.5, 0.6) is 0 Å². The Kier molecular flexibility index (Phi) is 5.51. The fourth-order valence-corrected chi connectivity index (χ4v) is 3.00. The van der Waals surface area contributed by atoms with Crippen LogP contribution in [-0.2, 0) is 13.1 Å². The first kappa shape index (κ1) is 16.5. The maximum atomic E-state index is 5.99. The molecule has 24 heavy (non-hydrogen) atoms. The topological polar surface area (TPSA) is 62.5 Å². The number of nitrogens with zero attached hydrogens (tertiary/aromatic N) is 2. The Bertz CT molecular complexity index is 814. The van der Waals surface area contributed by atoms with E-state index in [0.717, 1.165) is 21.2 Å². The van der Waals surface area contributed by atoms with Gasteiger partial charge in [-0.2, -0.15) is 0 Å². The van der Waals surface area contributed by atoms with E-state index in [9.17, 15) is 0 Å². The second-order valence-corrected chi connectivity index (χ2v) is 6.41. The van der Waals surface area contributed by atoms with Crippen molar-refractivity contribution in [2.24, 2.45) is 4.99 Å². The Morgan fingerprint density at radius 2 is 2.12 bits per heavy atom. The van der Waals surface area contributed by atoms with Crippen LogP contribution >= 0.6 is 22.9 Å². The van der Waals surface area contributed by atoms with Gasteiger partial charge in [0, 0.05) is 18.6 Å². The Morgan fingerprint density at radius 1 is 1.25 bits per heavy atom. The zero-order valence-electron chi connectivity index (χ0n) is 13.1. The van der Waals surface area contributed by atoms with Gasteiger partial charge in [0.05, 0.1) is 17.1 Å². The van der Waals surface area contributed by atoms with Gasteiger partial charge in [0.1, 0.15) is 6.26 Å². The fourth-order valence-electron chi connectivity index (χ4n) is 2.13. The number of aromatic nitrogens is 1. The van der Waals surface area contributed by atoms with E-state index < -0.39 is 0 Å². The van der Waals surface area contributed by atoms with Crippen LogP contribution < -0.4 is 10.6 Å². The number of thiophene rings is 1. The highest BCUT2D eigenvalue weighted by Gasteiger charge is 2.08. The van der Waals surface area contributed by atoms with E-state index in [0.29, 0.717) is 24.9 Å². The molecule has 5 nitrogen and oxygen atoms in total. The summed E-state index contributed by atoms with van der Waals surface area (Å²) >= 11 is 7.59. The van der Waals surface area contributed by atoms with E-state index in [-0.39, 0.29) is 0 Å². The summed E-state index contributed by atoms with van der Waals surface area (Å²) in [7, 11) is 1.73. The normalized spacial score (nSPS) is 11.5. The molecule has 0 bridgehead atoms. The molecule has 0 spiro atoms. The summed E-state index contributed by atoms with van der Waals surface area (Å²) in [6, 6.07) is 11.7. The highest BCUT2D eigenvalue weighted by Crippen LogP contribution is 2.23. The van der Waals surface area contributed by atoms with Crippen LogP contribution in [0.2, 0.25) is 5.02 Å². The van der Waals surface area contributed by atoms with E-state index in [1.165, 1.54) is 0 Å². The summed E-state index contributed by atoms with van der Waals surface area (Å²) in [6.45, 7) is 1.17. The summed E-state index contributed by atoms with van der Waals surface area (Å²) in [5, 5.41) is 9.18. The van der Waals surface area contributed by atoms with Gasteiger partial charge in [-0.1, -0.05) is 29.8 Å². The van der Waals surface area contributed by atoms with Gasteiger partial charge in [-0.3, -0.25) is 4.99 Å². The summed E-state index contributed by atoms with van der Waals surface area (Å²) in [6.07, 6.45) is 1.66. The molecule has 7 heteroatoms. The number of nitrogens with one attached hydrogen (secondary N) is 2. The zero-order chi connectivity index (χ0) is 16.8. The molecule has 0 aliphatic carbocycles. The summed E-state index contributed by atoms with van der Waals surface area (Å²) in [4.78, 5) is 9.69. The van der Waals surface area contributed by atoms with Crippen molar-refractivity contribution >= 4 is 28.9 Å². The fraction of sp³-hybridized carbons (Fsp3) is 0.176. The van der Waals surface area contributed by atoms with Crippen molar-refractivity contribution in [3.8, 4) is 10.8 Å². The van der Waals surface area contributed by atoms with Crippen molar-refractivity contribution in [3.05, 3.63) is 64.3 Å². The first-order chi connectivity index (χ1) is 11.7. The number of hydrogen-bond donors (Lipinski definition) is 2. The number of hydrogen-bond acceptors (Lipinski definition) is 4. The van der Waals surface area contributed by atoms with Crippen LogP contribution in [0.3, 0.4) is 0 Å². The van der Waals surface area contributed by atoms with Gasteiger partial charge in [0.2, 0.25) is 5.89 Å². The Morgan fingerprint density at radius 3 is 2.88 bits per heavy atom. The lowest BCUT2D eigenvalue weighted by Crippen LogP contribution is -2.36. The van der Waals surface area contributed by atoms with Gasteiger partial charge in [0.15, 0.2) is 5.96 Å². The lowest BCUT2D eigenvalue weighted by molar-refractivity contribution is 0.573. The second-order valence-electron chi connectivity index (χ2n) is 5.03. The Labute approximate surface area is 149 Å². The predicted molar refractivity (Wildman–Crippen MR) is 98.3 cm³/mol. The molecule has 0 aliphatic rings. The molecule has 0 saturated heterocycles. The largest absolute Gasteiger partial charge is 0.443 e. The monoisotopic (exact) mass is 360 g/mol. The van der Waals surface area contributed by atoms with Crippen molar-refractivity contribution in [2.75, 3.05) is 7.05 Å². The van der Waals surface area contributed by atoms with Crippen LogP contribution in [0.15, 0.2) is 57.5 Å². The maximum absolute atomic E-state index is 5.99. The highest BCUT2D eigenvalue weighted by molar-refractivity contribution is 7.13. The van der Waals surface area contributed by atoms with Crippen molar-refractivity contribution in [3.63, 3.8) is 0 Å². The molecule has 0 atom stereocenters. The zero-order valence-corrected chi connectivity index (χ0v) is 14.7. The van der Waals surface area contributed by atoms with E-state index in [4.69, 9.17) is 16.0 Å². The van der Waals surface area contributed by atoms with Gasteiger partial charge in [-0.25, -0.2) is 4.98 Å². The number of benzene rings is 1. The van der Waals surface area contributed by atoms with E-state index >= 15 is 0 Å². The third-order valence-electron chi connectivity index (χ3n) is 3.29. The third kappa shape index (κ3) is 4.37. The molecule has 0 fully saturated rings. The van der Waals surface area contributed by atoms with Gasteiger partial charge in [-0.15, -0.1) is 11.3 Å². The number of aliphatic imine (C=N–C) groups is 1. The van der Waals surface area contributed by atoms with Gasteiger partial charge in [0.25, 0.3) is 0 Å². The first-order valence-corrected chi connectivity index (χ1v) is 8.67. The minimum Gasteiger partial charge on any atom is -0.443 e. The SMILES string of the molecule is CN=C(NCc1cccc(Cl)c1)NCc1coc(-c2cccs2)n1. The third-order valence-corrected chi connectivity index (χ3v) is 4.39. The second kappa shape index (κ2) is 7.99. The number of rotatable bonds is 5. The minimum absolute atomic E-state index is 0.532. The number of halogens is 1. The quantitative estimate of drug-likeness (QED) is 0.534. The molecule has 0 unspecified atom stereocenters. The molecule has 124 valence electrons. The van der Waals surface area contributed by atoms with Crippen LogP contribution in [-0.4, -0.2) is 18.0 Å². The van der Waals surface area contributed by atoms with E-state index in [1.807, 2.05) is 41.8 Å². The van der Waals surface area contributed by atoms with E-state index in [2.05, 4.69) is 20.6 Å². The van der Waals surface area contributed by atoms with Crippen LogP contribution in [0.4, 0.5) is 0 Å². The van der Waals surface area contributed by atoms with Gasteiger partial charge < -0.3 is 15.1 Å². The molecule has 3 aromatic rings. The van der Waals surface area contributed by atoms with Crippen LogP contribution in [0.25, 0.3) is 10.8 Å². The smallest absolute Gasteiger partial charge is 0.236 e. The predicted octanol–water partition coefficient (Wildman–Crippen LogP) is 3.92. The molecular formula is C17H17ClN4OS. The molecule has 3 rings (SSSR count). The molecule has 0 saturated carbocycles. The van der Waals surface area contributed by atoms with Gasteiger partial charge >= 0.3 is 0 Å². The Hall–Kier alpha value is -2.31. The van der Waals surface area contributed by atoms with Gasteiger partial charge in [-0.05, 0) is 29.1 Å². The van der Waals surface area contributed by atoms with Crippen LogP contribution in [0.1, 0.15) is 11.3 Å². The highest BCUT2D eigenvalue weighted by atomic mass is 35.5. The van der Waals surface area contributed by atoms with Crippen LogP contribution in [0, 0.1) is 0 Å². The first-order valence-electron chi connectivity index (χ1n) is 7.42. The molecule has 0 radical (unpaired) electrons. The molecule has 0 amide bonds. The lowest BCUT2D eigenvalue weighted by atomic mass is 10.2. The maximum Gasteiger partial charge on any atom is 0.236 e. The number of oxazole rings is 1. The standard InChI is InChI=1S/C17H17ClN4OS/c1-19-17(20-9-12-4-2-5-13(18)8-12)21-10-14-11-23-16(22-14)15-6-3-7-24-15/h2-8,11H,9-10H2,1H3,(H2,19,20,21). The summed E-state index contributed by atoms with van der Waals surface area (Å²) < 4.78 is 5.50. The lowest BCUT2D eigenvalue weighted by Gasteiger charge is -2.11. The van der Waals surface area contributed by atoms with Crippen molar-refractivity contribution in [2.45, 2.75) is 13.1 Å². The average Bonchev–Trinajstić information content (AvgIpc) is 3.26. The Balaban J connectivity index is 1.53. The van der Waals surface area contributed by atoms with Crippen molar-refractivity contribution in [1.29, 1.82) is 0 Å². The number of guanidine groups is 1. The summed E-state index contributed by atoms with van der Waals surface area (Å²) in [5.74, 6) is 1.33. The molecule has 0 aliphatic heterocycles. The summed E-state index contributed by atoms with van der Waals surface area (Å²) in [5.41, 5.74) is 1.91.